The van der Waals surface area contributed by atoms with Gasteiger partial charge in [-0.2, -0.15) is 0 Å². The average Bonchev–Trinajstić information content (AvgIpc) is 3.09. The smallest absolute Gasteiger partial charge is 0.335 e. The molecule has 0 amide bonds. The number of ether oxygens (including phenoxy) is 1. The summed E-state index contributed by atoms with van der Waals surface area (Å²) in [5.41, 5.74) is 2.26. The summed E-state index contributed by atoms with van der Waals surface area (Å²) >= 11 is 3.26. The molecule has 24 heavy (non-hydrogen) atoms. The molecule has 6 heteroatoms. The molecule has 4 nitrogen and oxygen atoms in total. The van der Waals surface area contributed by atoms with E-state index in [9.17, 15) is 4.79 Å². The Morgan fingerprint density at radius 1 is 1.17 bits per heavy atom. The normalized spacial score (nSPS) is 10.5. The zero-order chi connectivity index (χ0) is 16.9. The van der Waals surface area contributed by atoms with Crippen molar-refractivity contribution in [3.63, 3.8) is 0 Å². The van der Waals surface area contributed by atoms with Crippen molar-refractivity contribution in [3.05, 3.63) is 64.5 Å². The van der Waals surface area contributed by atoms with Crippen molar-refractivity contribution in [3.8, 4) is 17.0 Å². The van der Waals surface area contributed by atoms with E-state index in [1.54, 1.807) is 35.2 Å². The molecular weight excluding hydrogens is 342 g/mol. The molecule has 0 unspecified atom stereocenters. The number of thioether (sulfide) groups is 1. The van der Waals surface area contributed by atoms with Crippen LogP contribution in [0.15, 0.2) is 58.8 Å². The first-order valence-electron chi connectivity index (χ1n) is 7.20. The van der Waals surface area contributed by atoms with Crippen LogP contribution in [0, 0.1) is 0 Å². The Hall–Kier alpha value is -2.31. The Bertz CT molecular complexity index is 826. The highest BCUT2D eigenvalue weighted by Gasteiger charge is 2.07. The van der Waals surface area contributed by atoms with Gasteiger partial charge >= 0.3 is 5.97 Å². The number of nitrogens with zero attached hydrogens (tertiary/aromatic N) is 1. The molecule has 0 bridgehead atoms. The first kappa shape index (κ1) is 16.5. The molecule has 1 heterocycles. The molecule has 3 aromatic rings. The van der Waals surface area contributed by atoms with Gasteiger partial charge in [0.05, 0.1) is 11.3 Å². The molecule has 0 saturated heterocycles. The first-order chi connectivity index (χ1) is 11.7. The second-order valence-electron chi connectivity index (χ2n) is 4.97. The number of aromatic nitrogens is 1. The molecule has 0 radical (unpaired) electrons. The summed E-state index contributed by atoms with van der Waals surface area (Å²) in [6.45, 7) is 0.361. The lowest BCUT2D eigenvalue weighted by Crippen LogP contribution is -1.97. The van der Waals surface area contributed by atoms with Crippen molar-refractivity contribution < 1.29 is 14.6 Å². The van der Waals surface area contributed by atoms with Crippen molar-refractivity contribution in [1.82, 2.24) is 4.98 Å². The summed E-state index contributed by atoms with van der Waals surface area (Å²) < 4.78 is 5.66. The SMILES string of the molecule is CSc1ccc(-c2csc(COc3ccc(C(=O)O)cc3)n2)cc1. The van der Waals surface area contributed by atoms with Crippen LogP contribution < -0.4 is 4.74 Å². The molecule has 0 aliphatic rings. The average molecular weight is 357 g/mol. The van der Waals surface area contributed by atoms with Gasteiger partial charge in [0.2, 0.25) is 0 Å². The summed E-state index contributed by atoms with van der Waals surface area (Å²) in [6, 6.07) is 14.7. The molecule has 1 N–H and O–H groups in total. The predicted molar refractivity (Wildman–Crippen MR) is 97.1 cm³/mol. The van der Waals surface area contributed by atoms with Crippen LogP contribution in [0.2, 0.25) is 0 Å². The fraction of sp³-hybridized carbons (Fsp3) is 0.111. The number of benzene rings is 2. The summed E-state index contributed by atoms with van der Waals surface area (Å²) in [4.78, 5) is 16.6. The Labute approximate surface area is 148 Å². The standard InChI is InChI=1S/C18H15NO3S2/c1-23-15-8-4-12(5-9-15)16-11-24-17(19-16)10-22-14-6-2-13(3-7-14)18(20)21/h2-9,11H,10H2,1H3,(H,20,21). The molecule has 0 fully saturated rings. The van der Waals surface area contributed by atoms with Gasteiger partial charge in [0, 0.05) is 15.8 Å². The van der Waals surface area contributed by atoms with Gasteiger partial charge in [-0.1, -0.05) is 12.1 Å². The largest absolute Gasteiger partial charge is 0.486 e. The second-order valence-corrected chi connectivity index (χ2v) is 6.80. The van der Waals surface area contributed by atoms with E-state index in [0.717, 1.165) is 16.3 Å². The van der Waals surface area contributed by atoms with Crippen LogP contribution in [0.25, 0.3) is 11.3 Å². The van der Waals surface area contributed by atoms with Crippen molar-refractivity contribution >= 4 is 29.1 Å². The highest BCUT2D eigenvalue weighted by molar-refractivity contribution is 7.98. The van der Waals surface area contributed by atoms with E-state index in [1.165, 1.54) is 17.0 Å². The van der Waals surface area contributed by atoms with Crippen molar-refractivity contribution in [1.29, 1.82) is 0 Å². The van der Waals surface area contributed by atoms with Crippen LogP contribution in [-0.4, -0.2) is 22.3 Å². The van der Waals surface area contributed by atoms with E-state index in [-0.39, 0.29) is 5.56 Å². The van der Waals surface area contributed by atoms with Gasteiger partial charge in [-0.15, -0.1) is 23.1 Å². The topological polar surface area (TPSA) is 59.4 Å². The number of hydrogen-bond donors (Lipinski definition) is 1. The third-order valence-electron chi connectivity index (χ3n) is 3.40. The fourth-order valence-electron chi connectivity index (χ4n) is 2.11. The highest BCUT2D eigenvalue weighted by Crippen LogP contribution is 2.25. The van der Waals surface area contributed by atoms with Crippen LogP contribution in [0.5, 0.6) is 5.75 Å². The van der Waals surface area contributed by atoms with E-state index in [2.05, 4.69) is 35.5 Å². The number of thiazole rings is 1. The van der Waals surface area contributed by atoms with E-state index < -0.39 is 5.97 Å². The Morgan fingerprint density at radius 3 is 2.50 bits per heavy atom. The van der Waals surface area contributed by atoms with E-state index in [0.29, 0.717) is 12.4 Å². The molecule has 0 spiro atoms. The second kappa shape index (κ2) is 7.51. The fourth-order valence-corrected chi connectivity index (χ4v) is 3.23. The summed E-state index contributed by atoms with van der Waals surface area (Å²) in [5.74, 6) is -0.320. The summed E-state index contributed by atoms with van der Waals surface area (Å²) in [6.07, 6.45) is 2.05. The number of hydrogen-bond acceptors (Lipinski definition) is 5. The number of carboxylic acid groups (broad SMARTS) is 1. The maximum Gasteiger partial charge on any atom is 0.335 e. The maximum absolute atomic E-state index is 10.8. The van der Waals surface area contributed by atoms with Crippen molar-refractivity contribution in [2.75, 3.05) is 6.26 Å². The van der Waals surface area contributed by atoms with Crippen LogP contribution in [0.3, 0.4) is 0 Å². The maximum atomic E-state index is 10.8. The van der Waals surface area contributed by atoms with Crippen molar-refractivity contribution in [2.45, 2.75) is 11.5 Å². The first-order valence-corrected chi connectivity index (χ1v) is 9.31. The lowest BCUT2D eigenvalue weighted by atomic mass is 10.2. The van der Waals surface area contributed by atoms with Crippen LogP contribution in [-0.2, 0) is 6.61 Å². The molecule has 0 atom stereocenters. The number of carbonyl (C=O) groups is 1. The van der Waals surface area contributed by atoms with Crippen molar-refractivity contribution in [2.24, 2.45) is 0 Å². The minimum Gasteiger partial charge on any atom is -0.486 e. The Kier molecular flexibility index (Phi) is 5.17. The molecule has 0 saturated carbocycles. The molecule has 122 valence electrons. The molecule has 0 aliphatic carbocycles. The minimum absolute atomic E-state index is 0.243. The third-order valence-corrected chi connectivity index (χ3v) is 4.97. The quantitative estimate of drug-likeness (QED) is 0.642. The summed E-state index contributed by atoms with van der Waals surface area (Å²) in [5, 5.41) is 11.8. The number of rotatable bonds is 6. The Balaban J connectivity index is 1.64. The van der Waals surface area contributed by atoms with E-state index >= 15 is 0 Å². The van der Waals surface area contributed by atoms with Gasteiger partial charge in [0.15, 0.2) is 0 Å². The van der Waals surface area contributed by atoms with Gasteiger partial charge in [0.1, 0.15) is 17.4 Å². The van der Waals surface area contributed by atoms with Crippen LogP contribution >= 0.6 is 23.1 Å². The van der Waals surface area contributed by atoms with Gasteiger partial charge < -0.3 is 9.84 Å². The van der Waals surface area contributed by atoms with Gasteiger partial charge in [0.25, 0.3) is 0 Å². The van der Waals surface area contributed by atoms with Crippen LogP contribution in [0.4, 0.5) is 0 Å². The van der Waals surface area contributed by atoms with Gasteiger partial charge in [-0.05, 0) is 42.7 Å². The van der Waals surface area contributed by atoms with E-state index in [4.69, 9.17) is 9.84 Å². The molecule has 1 aromatic heterocycles. The third kappa shape index (κ3) is 3.96. The zero-order valence-electron chi connectivity index (χ0n) is 12.9. The number of aromatic carboxylic acids is 1. The van der Waals surface area contributed by atoms with E-state index in [1.807, 2.05) is 5.38 Å². The predicted octanol–water partition coefficient (Wildman–Crippen LogP) is 4.81. The zero-order valence-corrected chi connectivity index (χ0v) is 14.6. The molecule has 0 aliphatic heterocycles. The van der Waals surface area contributed by atoms with Gasteiger partial charge in [-0.3, -0.25) is 0 Å². The monoisotopic (exact) mass is 357 g/mol. The van der Waals surface area contributed by atoms with Gasteiger partial charge in [-0.25, -0.2) is 9.78 Å². The summed E-state index contributed by atoms with van der Waals surface area (Å²) in [7, 11) is 0. The molecular formula is C18H15NO3S2. The highest BCUT2D eigenvalue weighted by atomic mass is 32.2. The molecule has 2 aromatic carbocycles. The number of carboxylic acids is 1. The molecule has 3 rings (SSSR count). The van der Waals surface area contributed by atoms with Crippen LogP contribution in [0.1, 0.15) is 15.4 Å². The lowest BCUT2D eigenvalue weighted by Gasteiger charge is -2.04. The minimum atomic E-state index is -0.946. The lowest BCUT2D eigenvalue weighted by molar-refractivity contribution is 0.0697. The Morgan fingerprint density at radius 2 is 1.88 bits per heavy atom.